The summed E-state index contributed by atoms with van der Waals surface area (Å²) in [6.07, 6.45) is 5.87. The molecule has 318 valence electrons. The minimum atomic E-state index is -0.971. The normalized spacial score (nSPS) is 20.3. The highest BCUT2D eigenvalue weighted by atomic mass is 16.5. The van der Waals surface area contributed by atoms with Gasteiger partial charge < -0.3 is 34.1 Å². The van der Waals surface area contributed by atoms with Crippen molar-refractivity contribution in [1.82, 2.24) is 34.8 Å². The topological polar surface area (TPSA) is 166 Å². The van der Waals surface area contributed by atoms with Crippen molar-refractivity contribution >= 4 is 35.3 Å². The Kier molecular flexibility index (Phi) is 11.7. The van der Waals surface area contributed by atoms with E-state index >= 15 is 0 Å². The molecule has 1 unspecified atom stereocenters. The van der Waals surface area contributed by atoms with E-state index in [-0.39, 0.29) is 31.0 Å². The van der Waals surface area contributed by atoms with Crippen molar-refractivity contribution in [3.05, 3.63) is 74.7 Å². The smallest absolute Gasteiger partial charge is 0.317 e. The van der Waals surface area contributed by atoms with Crippen LogP contribution >= 0.6 is 0 Å². The van der Waals surface area contributed by atoms with E-state index in [1.54, 1.807) is 49.9 Å². The number of hydrogen-bond donors (Lipinski definition) is 2. The van der Waals surface area contributed by atoms with E-state index < -0.39 is 29.7 Å². The summed E-state index contributed by atoms with van der Waals surface area (Å²) in [6.45, 7) is 8.00. The van der Waals surface area contributed by atoms with Crippen LogP contribution in [0.5, 0.6) is 11.5 Å². The second-order valence-corrected chi connectivity index (χ2v) is 16.5. The lowest BCUT2D eigenvalue weighted by Gasteiger charge is -2.37. The van der Waals surface area contributed by atoms with Crippen molar-refractivity contribution in [3.63, 3.8) is 0 Å². The minimum Gasteiger partial charge on any atom is -0.496 e. The van der Waals surface area contributed by atoms with Crippen molar-refractivity contribution in [3.8, 4) is 22.6 Å². The van der Waals surface area contributed by atoms with Crippen LogP contribution in [0.4, 0.5) is 10.5 Å². The third-order valence-electron chi connectivity index (χ3n) is 13.1. The number of urea groups is 1. The number of carbonyl (C=O) groups excluding carboxylic acids is 5. The van der Waals surface area contributed by atoms with E-state index in [9.17, 15) is 28.8 Å². The Morgan fingerprint density at radius 2 is 1.48 bits per heavy atom. The van der Waals surface area contributed by atoms with Crippen LogP contribution in [0.1, 0.15) is 69.5 Å². The van der Waals surface area contributed by atoms with Crippen molar-refractivity contribution < 1.29 is 33.4 Å². The fourth-order valence-electron chi connectivity index (χ4n) is 9.57. The summed E-state index contributed by atoms with van der Waals surface area (Å²) in [4.78, 5) is 86.1. The molecule has 0 bridgehead atoms. The van der Waals surface area contributed by atoms with Crippen molar-refractivity contribution in [2.24, 2.45) is 13.0 Å². The molecule has 5 aliphatic heterocycles. The monoisotopic (exact) mass is 822 g/mol. The second-order valence-electron chi connectivity index (χ2n) is 16.5. The molecule has 5 aliphatic rings. The SMILES string of the molecule is CNC(=O)N1CCc2c(-c3cc(OC)c(CN4CCN(CCC5CCN(c6ccc7c(c6)C(=O)N(C6CCC(=O)NC6=O)C7=O)CC5)CC4)c(OC)c3)cn(C)c(=O)c2C1. The first-order valence-electron chi connectivity index (χ1n) is 21.0. The summed E-state index contributed by atoms with van der Waals surface area (Å²) in [5, 5.41) is 4.92. The summed E-state index contributed by atoms with van der Waals surface area (Å²) in [5.41, 5.74) is 5.82. The van der Waals surface area contributed by atoms with Gasteiger partial charge in [-0.05, 0) is 86.0 Å². The van der Waals surface area contributed by atoms with Gasteiger partial charge in [-0.1, -0.05) is 0 Å². The number of nitrogens with zero attached hydrogens (tertiary/aromatic N) is 6. The van der Waals surface area contributed by atoms with Gasteiger partial charge in [-0.3, -0.25) is 39.1 Å². The molecule has 3 fully saturated rings. The Bertz CT molecular complexity index is 2250. The highest BCUT2D eigenvalue weighted by molar-refractivity contribution is 6.23. The van der Waals surface area contributed by atoms with Gasteiger partial charge in [0.05, 0.1) is 37.5 Å². The molecule has 0 spiro atoms. The number of carbonyl (C=O) groups is 5. The van der Waals surface area contributed by atoms with E-state index in [0.717, 1.165) is 109 Å². The first-order valence-corrected chi connectivity index (χ1v) is 21.0. The number of imide groups is 2. The van der Waals surface area contributed by atoms with E-state index in [0.29, 0.717) is 42.1 Å². The summed E-state index contributed by atoms with van der Waals surface area (Å²) in [7, 11) is 6.69. The molecule has 6 amide bonds. The first-order chi connectivity index (χ1) is 29.0. The maximum atomic E-state index is 13.4. The van der Waals surface area contributed by atoms with E-state index in [4.69, 9.17) is 9.47 Å². The van der Waals surface area contributed by atoms with Crippen LogP contribution in [0.15, 0.2) is 41.3 Å². The van der Waals surface area contributed by atoms with E-state index in [2.05, 4.69) is 25.3 Å². The van der Waals surface area contributed by atoms with Crippen LogP contribution < -0.4 is 30.6 Å². The molecule has 3 aromatic rings. The lowest BCUT2D eigenvalue weighted by Crippen LogP contribution is -2.54. The summed E-state index contributed by atoms with van der Waals surface area (Å²) in [6, 6.07) is 8.26. The van der Waals surface area contributed by atoms with Gasteiger partial charge in [-0.15, -0.1) is 0 Å². The number of ether oxygens (including phenoxy) is 2. The van der Waals surface area contributed by atoms with Crippen LogP contribution in [0.25, 0.3) is 11.1 Å². The molecule has 16 heteroatoms. The minimum absolute atomic E-state index is 0.0927. The molecule has 60 heavy (non-hydrogen) atoms. The number of nitrogens with one attached hydrogen (secondary N) is 2. The molecule has 6 heterocycles. The first kappa shape index (κ1) is 41.0. The third kappa shape index (κ3) is 7.85. The number of anilines is 1. The maximum absolute atomic E-state index is 13.4. The van der Waals surface area contributed by atoms with Crippen molar-refractivity contribution in [2.75, 3.05) is 78.5 Å². The fourth-order valence-corrected chi connectivity index (χ4v) is 9.57. The van der Waals surface area contributed by atoms with Gasteiger partial charge in [0.1, 0.15) is 17.5 Å². The van der Waals surface area contributed by atoms with Crippen LogP contribution in [0, 0.1) is 5.92 Å². The highest BCUT2D eigenvalue weighted by Crippen LogP contribution is 2.39. The molecule has 2 aromatic carbocycles. The summed E-state index contributed by atoms with van der Waals surface area (Å²) in [5.74, 6) is 0.104. The van der Waals surface area contributed by atoms with Gasteiger partial charge in [0.15, 0.2) is 0 Å². The largest absolute Gasteiger partial charge is 0.496 e. The maximum Gasteiger partial charge on any atom is 0.317 e. The van der Waals surface area contributed by atoms with E-state index in [1.165, 1.54) is 0 Å². The molecular formula is C44H54N8O8. The van der Waals surface area contributed by atoms with Crippen LogP contribution in [-0.4, -0.2) is 133 Å². The van der Waals surface area contributed by atoms with Crippen molar-refractivity contribution in [2.45, 2.75) is 57.7 Å². The van der Waals surface area contributed by atoms with Gasteiger partial charge in [-0.25, -0.2) is 4.79 Å². The fraction of sp³-hybridized carbons (Fsp3) is 0.500. The Morgan fingerprint density at radius 3 is 2.15 bits per heavy atom. The molecule has 16 nitrogen and oxygen atoms in total. The van der Waals surface area contributed by atoms with Crippen LogP contribution in [-0.2, 0) is 36.1 Å². The van der Waals surface area contributed by atoms with Crippen LogP contribution in [0.3, 0.4) is 0 Å². The second kappa shape index (κ2) is 17.1. The Hall–Kier alpha value is -5.74. The zero-order valence-corrected chi connectivity index (χ0v) is 34.9. The van der Waals surface area contributed by atoms with Gasteiger partial charge in [0.25, 0.3) is 17.4 Å². The number of fused-ring (bicyclic) bond motifs is 2. The van der Waals surface area contributed by atoms with Gasteiger partial charge in [-0.2, -0.15) is 0 Å². The zero-order valence-electron chi connectivity index (χ0n) is 34.9. The number of benzene rings is 2. The number of hydrogen-bond acceptors (Lipinski definition) is 11. The number of amides is 6. The number of rotatable bonds is 10. The third-order valence-corrected chi connectivity index (χ3v) is 13.1. The number of aromatic nitrogens is 1. The molecule has 8 rings (SSSR count). The molecule has 0 radical (unpaired) electrons. The van der Waals surface area contributed by atoms with Crippen LogP contribution in [0.2, 0.25) is 0 Å². The standard InChI is InChI=1S/C44H54N8O8/c1-45-44(58)51-16-12-30-33(24-47(2)41(55)34(30)26-51)28-21-37(59-3)35(38(22-28)60-4)25-49-19-17-48(18-20-49)13-9-27-10-14-50(15-11-27)29-5-6-31-32(23-29)43(57)52(42(31)56)36-7-8-39(53)46-40(36)54/h5-6,21-24,27,36H,7-20,25-26H2,1-4H3,(H,45,58)(H,46,53,54). The highest BCUT2D eigenvalue weighted by Gasteiger charge is 2.45. The predicted octanol–water partition coefficient (Wildman–Crippen LogP) is 2.59. The van der Waals surface area contributed by atoms with Crippen molar-refractivity contribution in [1.29, 1.82) is 0 Å². The molecule has 3 saturated heterocycles. The average Bonchev–Trinajstić information content (AvgIpc) is 3.51. The predicted molar refractivity (Wildman–Crippen MR) is 223 cm³/mol. The summed E-state index contributed by atoms with van der Waals surface area (Å²) >= 11 is 0. The zero-order chi connectivity index (χ0) is 42.2. The lowest BCUT2D eigenvalue weighted by molar-refractivity contribution is -0.136. The quantitative estimate of drug-likeness (QED) is 0.289. The average molecular weight is 823 g/mol. The van der Waals surface area contributed by atoms with Gasteiger partial charge in [0, 0.05) is 95.9 Å². The number of pyridine rings is 1. The summed E-state index contributed by atoms with van der Waals surface area (Å²) < 4.78 is 13.5. The molecule has 1 aromatic heterocycles. The Labute approximate surface area is 349 Å². The lowest BCUT2D eigenvalue weighted by atomic mass is 9.91. The van der Waals surface area contributed by atoms with Gasteiger partial charge >= 0.3 is 6.03 Å². The van der Waals surface area contributed by atoms with Gasteiger partial charge in [0.2, 0.25) is 11.8 Å². The Balaban J connectivity index is 0.838. The molecule has 2 N–H and O–H groups in total. The molecular weight excluding hydrogens is 769 g/mol. The number of methoxy groups -OCH3 is 2. The molecule has 0 saturated carbocycles. The number of aryl methyl sites for hydroxylation is 1. The Morgan fingerprint density at radius 1 is 0.800 bits per heavy atom. The number of piperidine rings is 2. The van der Waals surface area contributed by atoms with E-state index in [1.807, 2.05) is 24.4 Å². The molecule has 1 atom stereocenters. The molecule has 0 aliphatic carbocycles. The number of piperazine rings is 1.